The monoisotopic (exact) mass is 365 g/mol. The van der Waals surface area contributed by atoms with E-state index in [1.54, 1.807) is 0 Å². The fraction of sp³-hybridized carbons (Fsp3) is 0.455. The van der Waals surface area contributed by atoms with Gasteiger partial charge in [0.1, 0.15) is 0 Å². The second-order valence-corrected chi connectivity index (χ2v) is 5.96. The Morgan fingerprint density at radius 3 is 2.86 bits per heavy atom. The molecule has 1 aliphatic carbocycles. The quantitative estimate of drug-likeness (QED) is 0.739. The van der Waals surface area contributed by atoms with Crippen LogP contribution >= 0.6 is 38.5 Å². The molecule has 1 aromatic rings. The molecule has 14 heavy (non-hydrogen) atoms. The molecule has 0 aliphatic heterocycles. The molecule has 0 aromatic heterocycles. The SMILES string of the molecule is CN(Cc1cc(Br)ccc1I)C1CC1. The third kappa shape index (κ3) is 2.70. The summed E-state index contributed by atoms with van der Waals surface area (Å²) in [5, 5.41) is 0. The van der Waals surface area contributed by atoms with E-state index >= 15 is 0 Å². The van der Waals surface area contributed by atoms with Crippen molar-refractivity contribution in [2.45, 2.75) is 25.4 Å². The van der Waals surface area contributed by atoms with Crippen LogP contribution in [0.2, 0.25) is 0 Å². The molecule has 1 fully saturated rings. The first-order valence-electron chi connectivity index (χ1n) is 4.81. The minimum Gasteiger partial charge on any atom is -0.299 e. The van der Waals surface area contributed by atoms with Gasteiger partial charge >= 0.3 is 0 Å². The van der Waals surface area contributed by atoms with E-state index in [1.807, 2.05) is 0 Å². The lowest BCUT2D eigenvalue weighted by atomic mass is 10.2. The smallest absolute Gasteiger partial charge is 0.0244 e. The van der Waals surface area contributed by atoms with Crippen LogP contribution in [0.3, 0.4) is 0 Å². The summed E-state index contributed by atoms with van der Waals surface area (Å²) in [6.45, 7) is 1.07. The Hall–Kier alpha value is 0.390. The van der Waals surface area contributed by atoms with Crippen LogP contribution < -0.4 is 0 Å². The highest BCUT2D eigenvalue weighted by Gasteiger charge is 2.26. The average Bonchev–Trinajstić information content (AvgIpc) is 2.94. The first-order valence-corrected chi connectivity index (χ1v) is 6.68. The van der Waals surface area contributed by atoms with Crippen LogP contribution in [0.1, 0.15) is 18.4 Å². The van der Waals surface area contributed by atoms with E-state index in [4.69, 9.17) is 0 Å². The maximum atomic E-state index is 3.52. The summed E-state index contributed by atoms with van der Waals surface area (Å²) >= 11 is 5.92. The summed E-state index contributed by atoms with van der Waals surface area (Å²) in [5.41, 5.74) is 1.43. The van der Waals surface area contributed by atoms with E-state index in [0.717, 1.165) is 12.6 Å². The molecule has 0 heterocycles. The molecular weight excluding hydrogens is 353 g/mol. The van der Waals surface area contributed by atoms with E-state index in [9.17, 15) is 0 Å². The van der Waals surface area contributed by atoms with Gasteiger partial charge in [0.05, 0.1) is 0 Å². The van der Waals surface area contributed by atoms with E-state index in [0.29, 0.717) is 0 Å². The van der Waals surface area contributed by atoms with Crippen LogP contribution in [0.4, 0.5) is 0 Å². The molecule has 0 saturated heterocycles. The van der Waals surface area contributed by atoms with Crippen molar-refractivity contribution in [2.75, 3.05) is 7.05 Å². The predicted molar refractivity (Wildman–Crippen MR) is 71.3 cm³/mol. The lowest BCUT2D eigenvalue weighted by molar-refractivity contribution is 0.315. The van der Waals surface area contributed by atoms with Gasteiger partial charge in [-0.05, 0) is 66.2 Å². The molecule has 0 spiro atoms. The number of hydrogen-bond donors (Lipinski definition) is 0. The van der Waals surface area contributed by atoms with Crippen LogP contribution in [0.25, 0.3) is 0 Å². The van der Waals surface area contributed by atoms with Crippen molar-refractivity contribution >= 4 is 38.5 Å². The predicted octanol–water partition coefficient (Wildman–Crippen LogP) is 3.65. The zero-order valence-corrected chi connectivity index (χ0v) is 11.9. The summed E-state index contributed by atoms with van der Waals surface area (Å²) in [6.07, 6.45) is 2.75. The first kappa shape index (κ1) is 10.9. The van der Waals surface area contributed by atoms with Gasteiger partial charge in [-0.3, -0.25) is 4.90 Å². The summed E-state index contributed by atoms with van der Waals surface area (Å²) in [6, 6.07) is 7.33. The zero-order valence-electron chi connectivity index (χ0n) is 8.13. The summed E-state index contributed by atoms with van der Waals surface area (Å²) in [4.78, 5) is 2.45. The number of halogens is 2. The molecular formula is C11H13BrIN. The lowest BCUT2D eigenvalue weighted by Gasteiger charge is -2.16. The fourth-order valence-corrected chi connectivity index (χ4v) is 2.49. The Kier molecular flexibility index (Phi) is 3.50. The van der Waals surface area contributed by atoms with Crippen molar-refractivity contribution < 1.29 is 0 Å². The molecule has 1 aliphatic rings. The number of nitrogens with zero attached hydrogens (tertiary/aromatic N) is 1. The molecule has 0 unspecified atom stereocenters. The van der Waals surface area contributed by atoms with Gasteiger partial charge in [-0.15, -0.1) is 0 Å². The van der Waals surface area contributed by atoms with Crippen LogP contribution in [0, 0.1) is 3.57 Å². The van der Waals surface area contributed by atoms with Crippen molar-refractivity contribution in [2.24, 2.45) is 0 Å². The second-order valence-electron chi connectivity index (χ2n) is 3.88. The Morgan fingerprint density at radius 1 is 1.50 bits per heavy atom. The van der Waals surface area contributed by atoms with Gasteiger partial charge < -0.3 is 0 Å². The van der Waals surface area contributed by atoms with E-state index in [2.05, 4.69) is 68.7 Å². The number of hydrogen-bond acceptors (Lipinski definition) is 1. The molecule has 0 amide bonds. The molecule has 1 nitrogen and oxygen atoms in total. The van der Waals surface area contributed by atoms with E-state index in [-0.39, 0.29) is 0 Å². The highest BCUT2D eigenvalue weighted by atomic mass is 127. The summed E-state index contributed by atoms with van der Waals surface area (Å²) in [5.74, 6) is 0. The highest BCUT2D eigenvalue weighted by Crippen LogP contribution is 2.28. The normalized spacial score (nSPS) is 16.3. The molecule has 2 rings (SSSR count). The van der Waals surface area contributed by atoms with Crippen molar-refractivity contribution in [1.82, 2.24) is 4.90 Å². The molecule has 3 heteroatoms. The number of rotatable bonds is 3. The van der Waals surface area contributed by atoms with Gasteiger partial charge in [0.25, 0.3) is 0 Å². The van der Waals surface area contributed by atoms with Crippen molar-refractivity contribution in [3.63, 3.8) is 0 Å². The van der Waals surface area contributed by atoms with Gasteiger partial charge in [-0.25, -0.2) is 0 Å². The molecule has 0 N–H and O–H groups in total. The third-order valence-corrected chi connectivity index (χ3v) is 4.14. The van der Waals surface area contributed by atoms with Crippen molar-refractivity contribution in [3.8, 4) is 0 Å². The maximum Gasteiger partial charge on any atom is 0.0244 e. The zero-order chi connectivity index (χ0) is 10.1. The lowest BCUT2D eigenvalue weighted by Crippen LogP contribution is -2.20. The van der Waals surface area contributed by atoms with Crippen LogP contribution in [-0.4, -0.2) is 18.0 Å². The Bertz CT molecular complexity index is 336. The molecule has 1 aromatic carbocycles. The summed E-state index contributed by atoms with van der Waals surface area (Å²) < 4.78 is 2.54. The molecule has 76 valence electrons. The minimum atomic E-state index is 0.838. The van der Waals surface area contributed by atoms with E-state index < -0.39 is 0 Å². The van der Waals surface area contributed by atoms with Crippen LogP contribution in [0.5, 0.6) is 0 Å². The van der Waals surface area contributed by atoms with Crippen molar-refractivity contribution in [3.05, 3.63) is 31.8 Å². The molecule has 0 radical (unpaired) electrons. The second kappa shape index (κ2) is 4.49. The summed E-state index contributed by atoms with van der Waals surface area (Å²) in [7, 11) is 2.22. The fourth-order valence-electron chi connectivity index (χ4n) is 1.58. The van der Waals surface area contributed by atoms with Crippen LogP contribution in [0.15, 0.2) is 22.7 Å². The van der Waals surface area contributed by atoms with Gasteiger partial charge in [0, 0.05) is 20.6 Å². The largest absolute Gasteiger partial charge is 0.299 e. The molecule has 0 bridgehead atoms. The van der Waals surface area contributed by atoms with Crippen molar-refractivity contribution in [1.29, 1.82) is 0 Å². The Morgan fingerprint density at radius 2 is 2.21 bits per heavy atom. The minimum absolute atomic E-state index is 0.838. The average molecular weight is 366 g/mol. The highest BCUT2D eigenvalue weighted by molar-refractivity contribution is 14.1. The van der Waals surface area contributed by atoms with Crippen LogP contribution in [-0.2, 0) is 6.54 Å². The first-order chi connectivity index (χ1) is 6.66. The Labute approximate surface area is 107 Å². The third-order valence-electron chi connectivity index (χ3n) is 2.60. The van der Waals surface area contributed by atoms with Gasteiger partial charge in [-0.1, -0.05) is 15.9 Å². The molecule has 1 saturated carbocycles. The Balaban J connectivity index is 2.10. The maximum absolute atomic E-state index is 3.52. The van der Waals surface area contributed by atoms with Gasteiger partial charge in [-0.2, -0.15) is 0 Å². The van der Waals surface area contributed by atoms with E-state index in [1.165, 1.54) is 26.4 Å². The van der Waals surface area contributed by atoms with Gasteiger partial charge in [0.15, 0.2) is 0 Å². The standard InChI is InChI=1S/C11H13BrIN/c1-14(10-3-4-10)7-8-6-9(12)2-5-11(8)13/h2,5-6,10H,3-4,7H2,1H3. The number of benzene rings is 1. The molecule has 0 atom stereocenters. The topological polar surface area (TPSA) is 3.24 Å². The van der Waals surface area contributed by atoms with Gasteiger partial charge in [0.2, 0.25) is 0 Å².